The molecule has 1 fully saturated rings. The molecule has 2 amide bonds. The molecule has 0 aromatic heterocycles. The minimum absolute atomic E-state index is 0.0413. The van der Waals surface area contributed by atoms with Gasteiger partial charge in [-0.15, -0.1) is 0 Å². The van der Waals surface area contributed by atoms with E-state index in [1.165, 1.54) is 5.56 Å². The highest BCUT2D eigenvalue weighted by molar-refractivity contribution is 5.79. The number of rotatable bonds is 5. The van der Waals surface area contributed by atoms with Crippen LogP contribution in [0.3, 0.4) is 0 Å². The lowest BCUT2D eigenvalue weighted by molar-refractivity contribution is -0.121. The number of amides is 2. The molecule has 2 rings (SSSR count). The molecule has 22 heavy (non-hydrogen) atoms. The van der Waals surface area contributed by atoms with E-state index in [4.69, 9.17) is 5.73 Å². The van der Waals surface area contributed by atoms with Crippen molar-refractivity contribution in [1.82, 2.24) is 10.2 Å². The summed E-state index contributed by atoms with van der Waals surface area (Å²) in [6.45, 7) is 5.89. The zero-order valence-corrected chi connectivity index (χ0v) is 13.4. The van der Waals surface area contributed by atoms with Crippen LogP contribution in [0.5, 0.6) is 0 Å². The van der Waals surface area contributed by atoms with E-state index >= 15 is 0 Å². The van der Waals surface area contributed by atoms with Crippen molar-refractivity contribution in [2.24, 2.45) is 5.73 Å². The summed E-state index contributed by atoms with van der Waals surface area (Å²) in [6.07, 6.45) is 2.33. The maximum Gasteiger partial charge on any atom is 0.231 e. The van der Waals surface area contributed by atoms with Crippen molar-refractivity contribution in [3.8, 4) is 0 Å². The van der Waals surface area contributed by atoms with Crippen molar-refractivity contribution in [3.05, 3.63) is 34.9 Å². The van der Waals surface area contributed by atoms with Gasteiger partial charge in [-0.05, 0) is 44.4 Å². The first-order valence-corrected chi connectivity index (χ1v) is 7.80. The largest absolute Gasteiger partial charge is 0.369 e. The van der Waals surface area contributed by atoms with Crippen LogP contribution in [0.4, 0.5) is 0 Å². The van der Waals surface area contributed by atoms with E-state index in [9.17, 15) is 9.59 Å². The van der Waals surface area contributed by atoms with Crippen LogP contribution in [0, 0.1) is 13.8 Å². The van der Waals surface area contributed by atoms with Crippen LogP contribution in [-0.2, 0) is 16.0 Å². The van der Waals surface area contributed by atoms with Crippen LogP contribution in [0.15, 0.2) is 18.2 Å². The van der Waals surface area contributed by atoms with Crippen molar-refractivity contribution < 1.29 is 9.59 Å². The van der Waals surface area contributed by atoms with Crippen molar-refractivity contribution >= 4 is 11.8 Å². The molecule has 5 heteroatoms. The molecule has 5 nitrogen and oxygen atoms in total. The molecule has 0 spiro atoms. The van der Waals surface area contributed by atoms with E-state index in [1.807, 2.05) is 24.8 Å². The van der Waals surface area contributed by atoms with Crippen LogP contribution in [-0.4, -0.2) is 42.4 Å². The average molecular weight is 303 g/mol. The number of primary amides is 1. The SMILES string of the molecule is Cc1ccc(C)c(CC(=O)NC2CCCN(CC(N)=O)C2)c1. The van der Waals surface area contributed by atoms with Crippen molar-refractivity contribution in [2.45, 2.75) is 39.2 Å². The van der Waals surface area contributed by atoms with Gasteiger partial charge in [-0.1, -0.05) is 23.8 Å². The number of carbonyl (C=O) groups is 2. The topological polar surface area (TPSA) is 75.4 Å². The number of nitrogens with two attached hydrogens (primary N) is 1. The quantitative estimate of drug-likeness (QED) is 0.849. The molecular formula is C17H25N3O2. The number of hydrogen-bond donors (Lipinski definition) is 2. The van der Waals surface area contributed by atoms with Gasteiger partial charge in [0, 0.05) is 12.6 Å². The number of nitrogens with one attached hydrogen (secondary N) is 1. The van der Waals surface area contributed by atoms with Gasteiger partial charge in [-0.2, -0.15) is 0 Å². The molecular weight excluding hydrogens is 278 g/mol. The zero-order valence-electron chi connectivity index (χ0n) is 13.4. The molecule has 1 heterocycles. The number of nitrogens with zero attached hydrogens (tertiary/aromatic N) is 1. The van der Waals surface area contributed by atoms with Gasteiger partial charge in [0.2, 0.25) is 11.8 Å². The first-order valence-electron chi connectivity index (χ1n) is 7.80. The Balaban J connectivity index is 1.88. The Labute approximate surface area is 131 Å². The number of hydrogen-bond acceptors (Lipinski definition) is 3. The molecule has 0 aliphatic carbocycles. The highest BCUT2D eigenvalue weighted by Gasteiger charge is 2.22. The molecule has 1 aliphatic rings. The predicted molar refractivity (Wildman–Crippen MR) is 86.4 cm³/mol. The number of aryl methyl sites for hydroxylation is 2. The summed E-state index contributed by atoms with van der Waals surface area (Å²) in [7, 11) is 0. The maximum absolute atomic E-state index is 12.3. The predicted octanol–water partition coefficient (Wildman–Crippen LogP) is 0.912. The second-order valence-electron chi connectivity index (χ2n) is 6.21. The fraction of sp³-hybridized carbons (Fsp3) is 0.529. The number of carbonyl (C=O) groups excluding carboxylic acids is 2. The van der Waals surface area contributed by atoms with Crippen LogP contribution < -0.4 is 11.1 Å². The average Bonchev–Trinajstić information content (AvgIpc) is 2.42. The lowest BCUT2D eigenvalue weighted by atomic mass is 10.0. The molecule has 3 N–H and O–H groups in total. The standard InChI is InChI=1S/C17H25N3O2/c1-12-5-6-13(2)14(8-12)9-17(22)19-15-4-3-7-20(10-15)11-16(18)21/h5-6,8,15H,3-4,7,9-11H2,1-2H3,(H2,18,21)(H,19,22). The summed E-state index contributed by atoms with van der Waals surface area (Å²) in [5, 5.41) is 3.08. The summed E-state index contributed by atoms with van der Waals surface area (Å²) < 4.78 is 0. The fourth-order valence-electron chi connectivity index (χ4n) is 2.98. The Morgan fingerprint density at radius 1 is 1.36 bits per heavy atom. The molecule has 1 atom stereocenters. The van der Waals surface area contributed by atoms with Crippen LogP contribution in [0.25, 0.3) is 0 Å². The summed E-state index contributed by atoms with van der Waals surface area (Å²) in [4.78, 5) is 25.3. The molecule has 1 aliphatic heterocycles. The first kappa shape index (κ1) is 16.5. The first-order chi connectivity index (χ1) is 10.4. The van der Waals surface area contributed by atoms with Gasteiger partial charge in [0.1, 0.15) is 0 Å². The highest BCUT2D eigenvalue weighted by Crippen LogP contribution is 2.13. The normalized spacial score (nSPS) is 18.9. The van der Waals surface area contributed by atoms with Crippen molar-refractivity contribution in [1.29, 1.82) is 0 Å². The number of piperidine rings is 1. The van der Waals surface area contributed by atoms with Gasteiger partial charge in [0.25, 0.3) is 0 Å². The Kier molecular flexibility index (Phi) is 5.55. The van der Waals surface area contributed by atoms with Crippen molar-refractivity contribution in [2.75, 3.05) is 19.6 Å². The van der Waals surface area contributed by atoms with E-state index in [0.717, 1.165) is 30.5 Å². The van der Waals surface area contributed by atoms with E-state index in [1.54, 1.807) is 0 Å². The van der Waals surface area contributed by atoms with Gasteiger partial charge >= 0.3 is 0 Å². The van der Waals surface area contributed by atoms with Gasteiger partial charge < -0.3 is 11.1 Å². The maximum atomic E-state index is 12.3. The van der Waals surface area contributed by atoms with Crippen LogP contribution >= 0.6 is 0 Å². The molecule has 1 aromatic rings. The summed E-state index contributed by atoms with van der Waals surface area (Å²) in [5.74, 6) is -0.276. The minimum atomic E-state index is -0.317. The second kappa shape index (κ2) is 7.40. The monoisotopic (exact) mass is 303 g/mol. The third-order valence-electron chi connectivity index (χ3n) is 4.11. The Morgan fingerprint density at radius 3 is 2.86 bits per heavy atom. The number of likely N-dealkylation sites (tertiary alicyclic amines) is 1. The molecule has 120 valence electrons. The van der Waals surface area contributed by atoms with Crippen molar-refractivity contribution in [3.63, 3.8) is 0 Å². The second-order valence-corrected chi connectivity index (χ2v) is 6.21. The van der Waals surface area contributed by atoms with Crippen LogP contribution in [0.1, 0.15) is 29.5 Å². The molecule has 1 unspecified atom stereocenters. The third-order valence-corrected chi connectivity index (χ3v) is 4.11. The minimum Gasteiger partial charge on any atom is -0.369 e. The summed E-state index contributed by atoms with van der Waals surface area (Å²) >= 11 is 0. The van der Waals surface area contributed by atoms with Gasteiger partial charge in [0.05, 0.1) is 13.0 Å². The lowest BCUT2D eigenvalue weighted by Gasteiger charge is -2.32. The highest BCUT2D eigenvalue weighted by atomic mass is 16.2. The third kappa shape index (κ3) is 4.84. The van der Waals surface area contributed by atoms with Gasteiger partial charge in [-0.25, -0.2) is 0 Å². The smallest absolute Gasteiger partial charge is 0.231 e. The van der Waals surface area contributed by atoms with E-state index < -0.39 is 0 Å². The van der Waals surface area contributed by atoms with E-state index in [-0.39, 0.29) is 24.4 Å². The zero-order chi connectivity index (χ0) is 16.1. The fourth-order valence-corrected chi connectivity index (χ4v) is 2.98. The Morgan fingerprint density at radius 2 is 2.14 bits per heavy atom. The van der Waals surface area contributed by atoms with Crippen LogP contribution in [0.2, 0.25) is 0 Å². The molecule has 0 bridgehead atoms. The summed E-state index contributed by atoms with van der Waals surface area (Å²) in [5.41, 5.74) is 8.61. The molecule has 0 radical (unpaired) electrons. The molecule has 1 saturated heterocycles. The molecule has 0 saturated carbocycles. The Bertz CT molecular complexity index is 557. The summed E-state index contributed by atoms with van der Waals surface area (Å²) in [6, 6.07) is 6.27. The number of benzene rings is 1. The van der Waals surface area contributed by atoms with E-state index in [2.05, 4.69) is 17.4 Å². The Hall–Kier alpha value is -1.88. The van der Waals surface area contributed by atoms with Gasteiger partial charge in [-0.3, -0.25) is 14.5 Å². The van der Waals surface area contributed by atoms with E-state index in [0.29, 0.717) is 13.0 Å². The molecule has 1 aromatic carbocycles. The van der Waals surface area contributed by atoms with Gasteiger partial charge in [0.15, 0.2) is 0 Å². The lowest BCUT2D eigenvalue weighted by Crippen LogP contribution is -2.50.